The van der Waals surface area contributed by atoms with Crippen LogP contribution in [0.1, 0.15) is 6.42 Å². The molecule has 3 heterocycles. The number of ether oxygens (including phenoxy) is 1. The lowest BCUT2D eigenvalue weighted by atomic mass is 10.1. The number of aliphatic hydroxyl groups is 3. The molecule has 1 saturated carbocycles. The van der Waals surface area contributed by atoms with Crippen molar-refractivity contribution in [3.63, 3.8) is 0 Å². The molecule has 4 atom stereocenters. The van der Waals surface area contributed by atoms with E-state index in [9.17, 15) is 15.3 Å². The minimum absolute atomic E-state index is 0.162. The van der Waals surface area contributed by atoms with Crippen molar-refractivity contribution in [3.05, 3.63) is 42.6 Å². The Labute approximate surface area is 179 Å². The highest BCUT2D eigenvalue weighted by Gasteiger charge is 2.41. The van der Waals surface area contributed by atoms with Gasteiger partial charge in [-0.25, -0.2) is 9.97 Å². The molecule has 1 aliphatic carbocycles. The first-order chi connectivity index (χ1) is 15.1. The second-order valence-corrected chi connectivity index (χ2v) is 8.13. The van der Waals surface area contributed by atoms with Crippen molar-refractivity contribution < 1.29 is 20.1 Å². The number of hydrogen-bond acceptors (Lipinski definition) is 9. The summed E-state index contributed by atoms with van der Waals surface area (Å²) in [6.45, 7) is 1.02. The number of nitrogens with one attached hydrogen (secondary N) is 2. The summed E-state index contributed by atoms with van der Waals surface area (Å²) in [4.78, 5) is 13.8. The molecule has 2 aliphatic rings. The molecule has 0 bridgehead atoms. The zero-order valence-electron chi connectivity index (χ0n) is 16.8. The van der Waals surface area contributed by atoms with E-state index in [1.165, 1.54) is 0 Å². The normalized spacial score (nSPS) is 26.0. The van der Waals surface area contributed by atoms with Crippen LogP contribution in [0, 0.1) is 5.92 Å². The van der Waals surface area contributed by atoms with Gasteiger partial charge in [0.2, 0.25) is 5.95 Å². The van der Waals surface area contributed by atoms with Crippen molar-refractivity contribution in [2.24, 2.45) is 5.92 Å². The number of aromatic nitrogens is 3. The SMILES string of the molecule is OC[C@H]1CC(Nc2nc(NC3COC3)ncc2-c2ccc3ccccc3n2)[C@H](O)[C@@H]1O. The van der Waals surface area contributed by atoms with Gasteiger partial charge in [0.25, 0.3) is 0 Å². The molecular weight excluding hydrogens is 398 g/mol. The molecule has 1 saturated heterocycles. The minimum atomic E-state index is -1.01. The molecule has 1 unspecified atom stereocenters. The van der Waals surface area contributed by atoms with Gasteiger partial charge in [0, 0.05) is 24.1 Å². The van der Waals surface area contributed by atoms with Crippen molar-refractivity contribution in [2.45, 2.75) is 30.7 Å². The molecule has 1 aliphatic heterocycles. The third-order valence-corrected chi connectivity index (χ3v) is 5.99. The molecular formula is C22H25N5O4. The van der Waals surface area contributed by atoms with Crippen molar-refractivity contribution in [1.29, 1.82) is 0 Å². The summed E-state index contributed by atoms with van der Waals surface area (Å²) < 4.78 is 5.20. The van der Waals surface area contributed by atoms with Gasteiger partial charge in [0.05, 0.1) is 48.2 Å². The zero-order valence-corrected chi connectivity index (χ0v) is 16.8. The van der Waals surface area contributed by atoms with Crippen LogP contribution in [0.3, 0.4) is 0 Å². The molecule has 2 fully saturated rings. The number of pyridine rings is 1. The van der Waals surface area contributed by atoms with E-state index in [2.05, 4.69) is 20.6 Å². The average molecular weight is 423 g/mol. The second-order valence-electron chi connectivity index (χ2n) is 8.13. The summed E-state index contributed by atoms with van der Waals surface area (Å²) in [7, 11) is 0. The number of nitrogens with zero attached hydrogens (tertiary/aromatic N) is 3. The van der Waals surface area contributed by atoms with Gasteiger partial charge in [-0.15, -0.1) is 0 Å². The lowest BCUT2D eigenvalue weighted by Crippen LogP contribution is -2.41. The highest BCUT2D eigenvalue weighted by atomic mass is 16.5. The first kappa shape index (κ1) is 20.1. The van der Waals surface area contributed by atoms with Crippen LogP contribution in [-0.4, -0.2) is 74.4 Å². The Morgan fingerprint density at radius 1 is 1.00 bits per heavy atom. The van der Waals surface area contributed by atoms with Crippen molar-refractivity contribution >= 4 is 22.7 Å². The van der Waals surface area contributed by atoms with Gasteiger partial charge in [0.15, 0.2) is 0 Å². The van der Waals surface area contributed by atoms with Crippen LogP contribution in [0.25, 0.3) is 22.2 Å². The van der Waals surface area contributed by atoms with Crippen molar-refractivity contribution in [3.8, 4) is 11.3 Å². The molecule has 0 radical (unpaired) electrons. The van der Waals surface area contributed by atoms with Gasteiger partial charge in [-0.1, -0.05) is 24.3 Å². The summed E-state index contributed by atoms with van der Waals surface area (Å²) in [5.41, 5.74) is 2.25. The Morgan fingerprint density at radius 3 is 2.58 bits per heavy atom. The molecule has 3 aromatic rings. The van der Waals surface area contributed by atoms with Gasteiger partial charge in [-0.3, -0.25) is 0 Å². The Morgan fingerprint density at radius 2 is 1.84 bits per heavy atom. The Kier molecular flexibility index (Phi) is 5.41. The maximum Gasteiger partial charge on any atom is 0.225 e. The Bertz CT molecular complexity index is 1080. The van der Waals surface area contributed by atoms with E-state index in [1.54, 1.807) is 6.20 Å². The maximum atomic E-state index is 10.5. The van der Waals surface area contributed by atoms with Crippen molar-refractivity contribution in [2.75, 3.05) is 30.5 Å². The van der Waals surface area contributed by atoms with Crippen LogP contribution in [0.2, 0.25) is 0 Å². The molecule has 0 amide bonds. The van der Waals surface area contributed by atoms with Crippen LogP contribution in [-0.2, 0) is 4.74 Å². The third kappa shape index (κ3) is 3.92. The first-order valence-corrected chi connectivity index (χ1v) is 10.4. The smallest absolute Gasteiger partial charge is 0.225 e. The van der Waals surface area contributed by atoms with E-state index in [4.69, 9.17) is 9.72 Å². The third-order valence-electron chi connectivity index (χ3n) is 5.99. The van der Waals surface area contributed by atoms with E-state index in [-0.39, 0.29) is 18.6 Å². The van der Waals surface area contributed by atoms with E-state index in [1.807, 2.05) is 36.4 Å². The number of hydrogen-bond donors (Lipinski definition) is 5. The molecule has 2 aromatic heterocycles. The summed E-state index contributed by atoms with van der Waals surface area (Å²) >= 11 is 0. The zero-order chi connectivity index (χ0) is 21.4. The van der Waals surface area contributed by atoms with E-state index < -0.39 is 18.2 Å². The quantitative estimate of drug-likeness (QED) is 0.394. The predicted octanol–water partition coefficient (Wildman–Crippen LogP) is 1.02. The fraction of sp³-hybridized carbons (Fsp3) is 0.409. The Balaban J connectivity index is 1.50. The lowest BCUT2D eigenvalue weighted by molar-refractivity contribution is 0.00446. The molecule has 5 rings (SSSR count). The molecule has 31 heavy (non-hydrogen) atoms. The van der Waals surface area contributed by atoms with Crippen LogP contribution in [0.4, 0.5) is 11.8 Å². The summed E-state index contributed by atoms with van der Waals surface area (Å²) in [5.74, 6) is 0.573. The molecule has 5 N–H and O–H groups in total. The maximum absolute atomic E-state index is 10.5. The van der Waals surface area contributed by atoms with Crippen LogP contribution >= 0.6 is 0 Å². The topological polar surface area (TPSA) is 133 Å². The highest BCUT2D eigenvalue weighted by molar-refractivity contribution is 5.83. The lowest BCUT2D eigenvalue weighted by Gasteiger charge is -2.27. The van der Waals surface area contributed by atoms with Crippen LogP contribution in [0.5, 0.6) is 0 Å². The number of benzene rings is 1. The predicted molar refractivity (Wildman–Crippen MR) is 116 cm³/mol. The Hall–Kier alpha value is -2.85. The van der Waals surface area contributed by atoms with Crippen LogP contribution < -0.4 is 10.6 Å². The summed E-state index contributed by atoms with van der Waals surface area (Å²) in [6.07, 6.45) is 0.125. The fourth-order valence-corrected chi connectivity index (χ4v) is 4.09. The van der Waals surface area contributed by atoms with Gasteiger partial charge in [0.1, 0.15) is 11.9 Å². The highest BCUT2D eigenvalue weighted by Crippen LogP contribution is 2.33. The number of aliphatic hydroxyl groups excluding tert-OH is 3. The number of anilines is 2. The monoisotopic (exact) mass is 423 g/mol. The van der Waals surface area contributed by atoms with Gasteiger partial charge < -0.3 is 30.7 Å². The van der Waals surface area contributed by atoms with Crippen LogP contribution in [0.15, 0.2) is 42.6 Å². The molecule has 0 spiro atoms. The number of para-hydroxylation sites is 1. The van der Waals surface area contributed by atoms with Gasteiger partial charge >= 0.3 is 0 Å². The average Bonchev–Trinajstić information content (AvgIpc) is 3.04. The molecule has 9 nitrogen and oxygen atoms in total. The summed E-state index contributed by atoms with van der Waals surface area (Å²) in [5, 5.41) is 37.7. The molecule has 9 heteroatoms. The van der Waals surface area contributed by atoms with E-state index in [0.717, 1.165) is 10.9 Å². The minimum Gasteiger partial charge on any atom is -0.396 e. The van der Waals surface area contributed by atoms with E-state index in [0.29, 0.717) is 42.7 Å². The number of fused-ring (bicyclic) bond motifs is 1. The standard InChI is InChI=1S/C22H25N5O4/c28-9-13-7-18(20(30)19(13)29)26-21-15(8-23-22(27-21)24-14-10-31-11-14)17-6-5-12-3-1-2-4-16(12)25-17/h1-6,8,13-14,18-20,28-30H,7,9-11H2,(H2,23,24,26,27)/t13-,18?,19-,20+/m1/s1. The van der Waals surface area contributed by atoms with E-state index >= 15 is 0 Å². The van der Waals surface area contributed by atoms with Crippen molar-refractivity contribution in [1.82, 2.24) is 15.0 Å². The van der Waals surface area contributed by atoms with Gasteiger partial charge in [-0.2, -0.15) is 4.98 Å². The molecule has 1 aromatic carbocycles. The first-order valence-electron chi connectivity index (χ1n) is 10.4. The van der Waals surface area contributed by atoms with Gasteiger partial charge in [-0.05, 0) is 18.6 Å². The largest absolute Gasteiger partial charge is 0.396 e. The molecule has 162 valence electrons. The second kappa shape index (κ2) is 8.35. The summed E-state index contributed by atoms with van der Waals surface area (Å²) in [6, 6.07) is 11.5. The fourth-order valence-electron chi connectivity index (χ4n) is 4.09. The number of rotatable bonds is 6.